The topological polar surface area (TPSA) is 29.5 Å². The maximum Gasteiger partial charge on any atom is 0.155 e. The third-order valence-corrected chi connectivity index (χ3v) is 10.2. The van der Waals surface area contributed by atoms with Crippen LogP contribution in [0, 0.1) is 5.41 Å². The van der Waals surface area contributed by atoms with Gasteiger partial charge in [0.2, 0.25) is 0 Å². The van der Waals surface area contributed by atoms with Gasteiger partial charge in [-0.15, -0.1) is 0 Å². The summed E-state index contributed by atoms with van der Waals surface area (Å²) < 4.78 is 7.15. The first-order valence-electron chi connectivity index (χ1n) is 17.1. The first-order valence-corrected chi connectivity index (χ1v) is 17.1. The molecule has 0 aliphatic carbocycles. The van der Waals surface area contributed by atoms with E-state index < -0.39 is 11.2 Å². The fourth-order valence-corrected chi connectivity index (χ4v) is 7.12. The molecule has 0 unspecified atom stereocenters. The standard InChI is InChI=1S/C42H54O2/c1-4-40(5-2,6-3)34-24-10-8-7-9-11-25-35-44-42(38-30-20-14-21-31-38,39-32-22-15-23-33-39)41(43,36-26-16-12-17-27-36)37-28-18-13-19-29-37/h12-23,26-33,43H,4-11,24-25,34-35H2,1-3H3. The Bertz CT molecular complexity index is 1230. The van der Waals surface area contributed by atoms with Gasteiger partial charge in [-0.1, -0.05) is 200 Å². The van der Waals surface area contributed by atoms with Crippen molar-refractivity contribution in [2.24, 2.45) is 5.41 Å². The Labute approximate surface area is 267 Å². The minimum atomic E-state index is -1.48. The highest BCUT2D eigenvalue weighted by Gasteiger charge is 2.56. The lowest BCUT2D eigenvalue weighted by Crippen LogP contribution is -2.53. The van der Waals surface area contributed by atoms with Gasteiger partial charge < -0.3 is 9.84 Å². The Kier molecular flexibility index (Phi) is 12.8. The lowest BCUT2D eigenvalue weighted by molar-refractivity contribution is -0.153. The van der Waals surface area contributed by atoms with Crippen LogP contribution in [0.15, 0.2) is 121 Å². The summed E-state index contributed by atoms with van der Waals surface area (Å²) in [6.45, 7) is 7.64. The fourth-order valence-electron chi connectivity index (χ4n) is 7.12. The molecule has 0 aliphatic heterocycles. The molecule has 0 atom stereocenters. The Balaban J connectivity index is 1.55. The van der Waals surface area contributed by atoms with Crippen LogP contribution in [0.2, 0.25) is 0 Å². The molecular weight excluding hydrogens is 536 g/mol. The van der Waals surface area contributed by atoms with Gasteiger partial charge in [-0.25, -0.2) is 0 Å². The van der Waals surface area contributed by atoms with Crippen molar-refractivity contribution in [3.63, 3.8) is 0 Å². The first-order chi connectivity index (χ1) is 21.6. The van der Waals surface area contributed by atoms with Crippen LogP contribution < -0.4 is 0 Å². The fraction of sp³-hybridized carbons (Fsp3) is 0.429. The van der Waals surface area contributed by atoms with E-state index >= 15 is 0 Å². The van der Waals surface area contributed by atoms with E-state index in [1.54, 1.807) is 0 Å². The third kappa shape index (κ3) is 7.53. The van der Waals surface area contributed by atoms with E-state index in [0.29, 0.717) is 12.0 Å². The minimum absolute atomic E-state index is 0.553. The van der Waals surface area contributed by atoms with Crippen molar-refractivity contribution >= 4 is 0 Å². The zero-order valence-electron chi connectivity index (χ0n) is 27.4. The lowest BCUT2D eigenvalue weighted by atomic mass is 9.66. The average molecular weight is 591 g/mol. The van der Waals surface area contributed by atoms with Crippen LogP contribution in [0.3, 0.4) is 0 Å². The number of hydrogen-bond donors (Lipinski definition) is 1. The molecule has 0 bridgehead atoms. The molecule has 2 nitrogen and oxygen atoms in total. The lowest BCUT2D eigenvalue weighted by Gasteiger charge is -2.48. The molecule has 0 radical (unpaired) electrons. The second-order valence-corrected chi connectivity index (χ2v) is 12.5. The Hall–Kier alpha value is -3.20. The molecule has 4 aromatic carbocycles. The summed E-state index contributed by atoms with van der Waals surface area (Å²) in [5.74, 6) is 0. The zero-order chi connectivity index (χ0) is 31.1. The van der Waals surface area contributed by atoms with E-state index in [1.165, 1.54) is 57.8 Å². The molecule has 4 rings (SSSR count). The van der Waals surface area contributed by atoms with Crippen molar-refractivity contribution in [1.82, 2.24) is 0 Å². The molecule has 0 amide bonds. The van der Waals surface area contributed by atoms with Crippen LogP contribution in [0.1, 0.15) is 114 Å². The molecule has 0 fully saturated rings. The highest BCUT2D eigenvalue weighted by atomic mass is 16.5. The van der Waals surface area contributed by atoms with Gasteiger partial charge in [0, 0.05) is 6.61 Å². The quantitative estimate of drug-likeness (QED) is 0.110. The normalized spacial score (nSPS) is 12.4. The second kappa shape index (κ2) is 16.8. The molecule has 0 saturated carbocycles. The van der Waals surface area contributed by atoms with Gasteiger partial charge in [-0.05, 0) is 40.5 Å². The van der Waals surface area contributed by atoms with Gasteiger partial charge in [-0.2, -0.15) is 0 Å². The number of benzene rings is 4. The largest absolute Gasteiger partial charge is 0.377 e. The van der Waals surface area contributed by atoms with E-state index in [0.717, 1.165) is 35.1 Å². The molecule has 0 spiro atoms. The predicted molar refractivity (Wildman–Crippen MR) is 186 cm³/mol. The number of hydrogen-bond acceptors (Lipinski definition) is 2. The maximum atomic E-state index is 13.3. The Morgan fingerprint density at radius 2 is 0.795 bits per heavy atom. The molecule has 0 aliphatic rings. The predicted octanol–water partition coefficient (Wildman–Crippen LogP) is 11.2. The molecule has 0 aromatic heterocycles. The van der Waals surface area contributed by atoms with Crippen LogP contribution in [0.25, 0.3) is 0 Å². The average Bonchev–Trinajstić information content (AvgIpc) is 3.10. The van der Waals surface area contributed by atoms with E-state index in [1.807, 2.05) is 97.1 Å². The zero-order valence-corrected chi connectivity index (χ0v) is 27.4. The second-order valence-electron chi connectivity index (χ2n) is 12.5. The van der Waals surface area contributed by atoms with Crippen LogP contribution in [0.4, 0.5) is 0 Å². The molecule has 0 heterocycles. The van der Waals surface area contributed by atoms with Crippen molar-refractivity contribution in [3.05, 3.63) is 144 Å². The van der Waals surface area contributed by atoms with Crippen molar-refractivity contribution < 1.29 is 9.84 Å². The molecule has 0 saturated heterocycles. The summed E-state index contributed by atoms with van der Waals surface area (Å²) in [6.07, 6.45) is 13.9. The van der Waals surface area contributed by atoms with Crippen LogP contribution in [-0.2, 0) is 15.9 Å². The minimum Gasteiger partial charge on any atom is -0.377 e. The molecule has 44 heavy (non-hydrogen) atoms. The highest BCUT2D eigenvalue weighted by Crippen LogP contribution is 2.52. The van der Waals surface area contributed by atoms with E-state index in [2.05, 4.69) is 45.0 Å². The molecule has 234 valence electrons. The third-order valence-electron chi connectivity index (χ3n) is 10.2. The van der Waals surface area contributed by atoms with E-state index in [4.69, 9.17) is 4.74 Å². The summed E-state index contributed by atoms with van der Waals surface area (Å²) in [4.78, 5) is 0. The Morgan fingerprint density at radius 3 is 1.18 bits per heavy atom. The van der Waals surface area contributed by atoms with Gasteiger partial charge in [0.15, 0.2) is 11.2 Å². The van der Waals surface area contributed by atoms with Crippen LogP contribution >= 0.6 is 0 Å². The van der Waals surface area contributed by atoms with E-state index in [-0.39, 0.29) is 0 Å². The smallest absolute Gasteiger partial charge is 0.155 e. The maximum absolute atomic E-state index is 13.3. The monoisotopic (exact) mass is 590 g/mol. The van der Waals surface area contributed by atoms with Crippen LogP contribution in [-0.4, -0.2) is 11.7 Å². The highest BCUT2D eigenvalue weighted by molar-refractivity contribution is 5.50. The summed E-state index contributed by atoms with van der Waals surface area (Å²) in [6, 6.07) is 40.6. The van der Waals surface area contributed by atoms with Gasteiger partial charge in [-0.3, -0.25) is 0 Å². The summed E-state index contributed by atoms with van der Waals surface area (Å²) in [5.41, 5.74) is 1.38. The van der Waals surface area contributed by atoms with Gasteiger partial charge in [0.05, 0.1) is 0 Å². The summed E-state index contributed by atoms with van der Waals surface area (Å²) in [7, 11) is 0. The number of unbranched alkanes of at least 4 members (excludes halogenated alkanes) is 6. The molecule has 1 N–H and O–H groups in total. The van der Waals surface area contributed by atoms with Gasteiger partial charge in [0.1, 0.15) is 0 Å². The summed E-state index contributed by atoms with van der Waals surface area (Å²) in [5, 5.41) is 13.3. The first kappa shape index (κ1) is 33.7. The SMILES string of the molecule is CCC(CC)(CC)CCCCCCCCCOC(c1ccccc1)(c1ccccc1)C(O)(c1ccccc1)c1ccccc1. The van der Waals surface area contributed by atoms with Gasteiger partial charge >= 0.3 is 0 Å². The van der Waals surface area contributed by atoms with Crippen molar-refractivity contribution in [2.75, 3.05) is 6.61 Å². The van der Waals surface area contributed by atoms with Crippen molar-refractivity contribution in [2.45, 2.75) is 103 Å². The van der Waals surface area contributed by atoms with E-state index in [9.17, 15) is 5.11 Å². The molecular formula is C42H54O2. The molecule has 4 aromatic rings. The summed E-state index contributed by atoms with van der Waals surface area (Å²) >= 11 is 0. The number of ether oxygens (including phenoxy) is 1. The van der Waals surface area contributed by atoms with Crippen molar-refractivity contribution in [3.8, 4) is 0 Å². The molecule has 2 heteroatoms. The van der Waals surface area contributed by atoms with Crippen LogP contribution in [0.5, 0.6) is 0 Å². The number of rotatable bonds is 19. The number of aliphatic hydroxyl groups is 1. The van der Waals surface area contributed by atoms with Crippen molar-refractivity contribution in [1.29, 1.82) is 0 Å². The Morgan fingerprint density at radius 1 is 0.455 bits per heavy atom. The van der Waals surface area contributed by atoms with Gasteiger partial charge in [0.25, 0.3) is 0 Å².